The van der Waals surface area contributed by atoms with Crippen LogP contribution in [0.5, 0.6) is 0 Å². The van der Waals surface area contributed by atoms with E-state index >= 15 is 0 Å². The molecule has 68 valence electrons. The normalized spacial score (nSPS) is 24.9. The molecule has 1 fully saturated rings. The van der Waals surface area contributed by atoms with Gasteiger partial charge in [-0.2, -0.15) is 0 Å². The van der Waals surface area contributed by atoms with E-state index in [4.69, 9.17) is 0 Å². The number of amides is 1. The Morgan fingerprint density at radius 1 is 1.92 bits per heavy atom. The average molecular weight is 186 g/mol. The Balaban J connectivity index is 2.31. The Morgan fingerprint density at radius 3 is 3.17 bits per heavy atom. The van der Waals surface area contributed by atoms with Gasteiger partial charge >= 0.3 is 0 Å². The first kappa shape index (κ1) is 9.61. The van der Waals surface area contributed by atoms with Crippen LogP contribution in [0.4, 0.5) is 0 Å². The molecular formula is C8H14N2OS. The molecule has 0 saturated carbocycles. The van der Waals surface area contributed by atoms with Crippen molar-refractivity contribution in [1.82, 2.24) is 10.6 Å². The molecule has 4 heteroatoms. The molecular weight excluding hydrogens is 172 g/mol. The minimum atomic E-state index is -0.0163. The molecule has 0 aliphatic carbocycles. The lowest BCUT2D eigenvalue weighted by Gasteiger charge is -2.13. The summed E-state index contributed by atoms with van der Waals surface area (Å²) >= 11 is 1.75. The second-order valence-corrected chi connectivity index (χ2v) is 3.84. The van der Waals surface area contributed by atoms with Crippen molar-refractivity contribution in [3.8, 4) is 0 Å². The topological polar surface area (TPSA) is 41.1 Å². The Kier molecular flexibility index (Phi) is 3.62. The summed E-state index contributed by atoms with van der Waals surface area (Å²) in [6, 6.07) is 0.0438. The van der Waals surface area contributed by atoms with Crippen molar-refractivity contribution in [3.05, 3.63) is 12.7 Å². The third-order valence-electron chi connectivity index (χ3n) is 1.76. The van der Waals surface area contributed by atoms with Crippen LogP contribution >= 0.6 is 11.8 Å². The van der Waals surface area contributed by atoms with Crippen molar-refractivity contribution in [2.24, 2.45) is 0 Å². The molecule has 1 rings (SSSR count). The molecule has 12 heavy (non-hydrogen) atoms. The summed E-state index contributed by atoms with van der Waals surface area (Å²) in [5, 5.41) is 5.94. The van der Waals surface area contributed by atoms with Crippen LogP contribution in [0.2, 0.25) is 0 Å². The standard InChI is InChI=1S/C8H14N2OS/c1-3-6(2)10-8(11)7-4-12-5-9-7/h3,6-7,9H,1,4-5H2,2H3,(H,10,11). The van der Waals surface area contributed by atoms with Crippen LogP contribution in [-0.2, 0) is 4.79 Å². The van der Waals surface area contributed by atoms with E-state index in [1.807, 2.05) is 6.92 Å². The van der Waals surface area contributed by atoms with E-state index in [9.17, 15) is 4.79 Å². The lowest BCUT2D eigenvalue weighted by atomic mass is 10.2. The molecule has 3 nitrogen and oxygen atoms in total. The molecule has 0 spiro atoms. The Bertz CT molecular complexity index is 178. The highest BCUT2D eigenvalue weighted by Crippen LogP contribution is 2.09. The number of hydrogen-bond donors (Lipinski definition) is 2. The minimum absolute atomic E-state index is 0.0163. The maximum absolute atomic E-state index is 11.4. The fourth-order valence-electron chi connectivity index (χ4n) is 0.948. The van der Waals surface area contributed by atoms with E-state index in [1.54, 1.807) is 17.8 Å². The van der Waals surface area contributed by atoms with E-state index in [2.05, 4.69) is 17.2 Å². The highest BCUT2D eigenvalue weighted by Gasteiger charge is 2.22. The van der Waals surface area contributed by atoms with E-state index in [0.717, 1.165) is 11.6 Å². The van der Waals surface area contributed by atoms with Crippen molar-refractivity contribution >= 4 is 17.7 Å². The van der Waals surface area contributed by atoms with Gasteiger partial charge in [0.05, 0.1) is 6.04 Å². The zero-order chi connectivity index (χ0) is 8.97. The Morgan fingerprint density at radius 2 is 2.67 bits per heavy atom. The van der Waals surface area contributed by atoms with Crippen LogP contribution in [0.25, 0.3) is 0 Å². The van der Waals surface area contributed by atoms with Crippen LogP contribution in [0.1, 0.15) is 6.92 Å². The van der Waals surface area contributed by atoms with Crippen LogP contribution in [0, 0.1) is 0 Å². The van der Waals surface area contributed by atoms with Crippen molar-refractivity contribution in [2.45, 2.75) is 19.0 Å². The molecule has 2 unspecified atom stereocenters. The second kappa shape index (κ2) is 4.52. The Labute approximate surface area is 77.0 Å². The number of hydrogen-bond acceptors (Lipinski definition) is 3. The zero-order valence-electron chi connectivity index (χ0n) is 7.17. The largest absolute Gasteiger partial charge is 0.349 e. The third kappa shape index (κ3) is 2.53. The van der Waals surface area contributed by atoms with Gasteiger partial charge in [-0.1, -0.05) is 6.08 Å². The molecule has 1 heterocycles. The van der Waals surface area contributed by atoms with Gasteiger partial charge in [0.2, 0.25) is 5.91 Å². The summed E-state index contributed by atoms with van der Waals surface area (Å²) < 4.78 is 0. The van der Waals surface area contributed by atoms with E-state index < -0.39 is 0 Å². The summed E-state index contributed by atoms with van der Waals surface area (Å²) in [6.07, 6.45) is 1.72. The van der Waals surface area contributed by atoms with Gasteiger partial charge in [-0.3, -0.25) is 10.1 Å². The first-order valence-electron chi connectivity index (χ1n) is 3.98. The first-order chi connectivity index (χ1) is 5.74. The van der Waals surface area contributed by atoms with Gasteiger partial charge in [-0.05, 0) is 6.92 Å². The molecule has 0 radical (unpaired) electrons. The van der Waals surface area contributed by atoms with Crippen molar-refractivity contribution in [2.75, 3.05) is 11.6 Å². The van der Waals surface area contributed by atoms with Gasteiger partial charge < -0.3 is 5.32 Å². The average Bonchev–Trinajstić information content (AvgIpc) is 2.56. The molecule has 2 N–H and O–H groups in total. The molecule has 1 aliphatic rings. The molecule has 0 aromatic rings. The molecule has 0 aromatic heterocycles. The van der Waals surface area contributed by atoms with Crippen LogP contribution in [0.15, 0.2) is 12.7 Å². The lowest BCUT2D eigenvalue weighted by Crippen LogP contribution is -2.44. The zero-order valence-corrected chi connectivity index (χ0v) is 7.99. The number of nitrogens with one attached hydrogen (secondary N) is 2. The molecule has 2 atom stereocenters. The van der Waals surface area contributed by atoms with Crippen molar-refractivity contribution < 1.29 is 4.79 Å². The predicted octanol–water partition coefficient (Wildman–Crippen LogP) is 0.340. The highest BCUT2D eigenvalue weighted by atomic mass is 32.2. The summed E-state index contributed by atoms with van der Waals surface area (Å²) in [7, 11) is 0. The SMILES string of the molecule is C=CC(C)NC(=O)C1CSCN1. The summed E-state index contributed by atoms with van der Waals surface area (Å²) in [5.41, 5.74) is 0. The Hall–Kier alpha value is -0.480. The summed E-state index contributed by atoms with van der Waals surface area (Å²) in [5.74, 6) is 1.82. The van der Waals surface area contributed by atoms with Gasteiger partial charge in [-0.15, -0.1) is 18.3 Å². The smallest absolute Gasteiger partial charge is 0.238 e. The van der Waals surface area contributed by atoms with Crippen molar-refractivity contribution in [3.63, 3.8) is 0 Å². The van der Waals surface area contributed by atoms with Gasteiger partial charge in [0.1, 0.15) is 0 Å². The van der Waals surface area contributed by atoms with Gasteiger partial charge in [0, 0.05) is 17.7 Å². The highest BCUT2D eigenvalue weighted by molar-refractivity contribution is 7.99. The fraction of sp³-hybridized carbons (Fsp3) is 0.625. The van der Waals surface area contributed by atoms with E-state index in [-0.39, 0.29) is 18.0 Å². The molecule has 1 aliphatic heterocycles. The number of thioether (sulfide) groups is 1. The van der Waals surface area contributed by atoms with Gasteiger partial charge in [-0.25, -0.2) is 0 Å². The quantitative estimate of drug-likeness (QED) is 0.624. The third-order valence-corrected chi connectivity index (χ3v) is 2.70. The molecule has 0 bridgehead atoms. The van der Waals surface area contributed by atoms with E-state index in [0.29, 0.717) is 0 Å². The van der Waals surface area contributed by atoms with Gasteiger partial charge in [0.15, 0.2) is 0 Å². The second-order valence-electron chi connectivity index (χ2n) is 2.80. The minimum Gasteiger partial charge on any atom is -0.349 e. The summed E-state index contributed by atoms with van der Waals surface area (Å²) in [6.45, 7) is 5.51. The predicted molar refractivity (Wildman–Crippen MR) is 52.1 cm³/mol. The lowest BCUT2D eigenvalue weighted by molar-refractivity contribution is -0.122. The van der Waals surface area contributed by atoms with E-state index in [1.165, 1.54) is 0 Å². The van der Waals surface area contributed by atoms with Gasteiger partial charge in [0.25, 0.3) is 0 Å². The first-order valence-corrected chi connectivity index (χ1v) is 5.13. The van der Waals surface area contributed by atoms with Crippen LogP contribution < -0.4 is 10.6 Å². The molecule has 0 aromatic carbocycles. The maximum atomic E-state index is 11.4. The van der Waals surface area contributed by atoms with Crippen LogP contribution in [-0.4, -0.2) is 29.6 Å². The summed E-state index contributed by atoms with van der Waals surface area (Å²) in [4.78, 5) is 11.4. The fourth-order valence-corrected chi connectivity index (χ4v) is 1.89. The molecule has 1 saturated heterocycles. The number of carbonyl (C=O) groups excluding carboxylic acids is 1. The number of rotatable bonds is 3. The number of carbonyl (C=O) groups is 1. The maximum Gasteiger partial charge on any atom is 0.238 e. The monoisotopic (exact) mass is 186 g/mol. The van der Waals surface area contributed by atoms with Crippen molar-refractivity contribution in [1.29, 1.82) is 0 Å². The van der Waals surface area contributed by atoms with Crippen LogP contribution in [0.3, 0.4) is 0 Å². The molecule has 1 amide bonds.